The van der Waals surface area contributed by atoms with Gasteiger partial charge in [0.05, 0.1) is 0 Å². The summed E-state index contributed by atoms with van der Waals surface area (Å²) < 4.78 is 0. The van der Waals surface area contributed by atoms with E-state index in [0.717, 1.165) is 46.0 Å². The first-order chi connectivity index (χ1) is 13.0. The highest BCUT2D eigenvalue weighted by Crippen LogP contribution is 2.27. The summed E-state index contributed by atoms with van der Waals surface area (Å²) in [5.74, 6) is 0.560. The molecular weight excluding hydrogens is 360 g/mol. The highest BCUT2D eigenvalue weighted by Gasteiger charge is 2.24. The molecule has 0 bridgehead atoms. The number of hydrogen-bond donors (Lipinski definition) is 1. The van der Waals surface area contributed by atoms with Crippen molar-refractivity contribution in [3.63, 3.8) is 0 Å². The van der Waals surface area contributed by atoms with E-state index in [4.69, 9.17) is 0 Å². The van der Waals surface area contributed by atoms with Crippen molar-refractivity contribution in [2.45, 2.75) is 19.9 Å². The molecule has 140 valence electrons. The minimum atomic E-state index is -0.0993. The van der Waals surface area contributed by atoms with Crippen LogP contribution >= 0.6 is 11.3 Å². The van der Waals surface area contributed by atoms with Gasteiger partial charge in [0.25, 0.3) is 0 Å². The van der Waals surface area contributed by atoms with Gasteiger partial charge in [-0.3, -0.25) is 5.32 Å². The number of nitrogens with zero attached hydrogens (tertiary/aromatic N) is 5. The molecule has 8 heteroatoms. The zero-order chi connectivity index (χ0) is 19.0. The molecule has 1 N–H and O–H groups in total. The predicted molar refractivity (Wildman–Crippen MR) is 108 cm³/mol. The lowest BCUT2D eigenvalue weighted by atomic mass is 10.1. The molecule has 1 aromatic carbocycles. The van der Waals surface area contributed by atoms with Crippen LogP contribution in [0.1, 0.15) is 11.9 Å². The number of piperazine rings is 1. The fraction of sp³-hybridized carbons (Fsp3) is 0.368. The van der Waals surface area contributed by atoms with Crippen LogP contribution in [0.4, 0.5) is 10.6 Å². The summed E-state index contributed by atoms with van der Waals surface area (Å²) in [4.78, 5) is 21.1. The number of rotatable bonds is 2. The average molecular weight is 382 g/mol. The van der Waals surface area contributed by atoms with Crippen LogP contribution in [0.25, 0.3) is 21.3 Å². The molecule has 3 heterocycles. The van der Waals surface area contributed by atoms with Crippen LogP contribution < -0.4 is 5.32 Å². The normalized spacial score (nSPS) is 18.0. The summed E-state index contributed by atoms with van der Waals surface area (Å²) in [5, 5.41) is 15.1. The zero-order valence-corrected chi connectivity index (χ0v) is 16.5. The zero-order valence-electron chi connectivity index (χ0n) is 15.6. The SMILES string of the molecule is Cc1nnc(-c2ccc3cnc(NC(=O)N4CCN(C)C(C)C4)cc3c2)s1. The average Bonchev–Trinajstić information content (AvgIpc) is 3.09. The molecule has 0 radical (unpaired) electrons. The van der Waals surface area contributed by atoms with Crippen LogP contribution in [0.3, 0.4) is 0 Å². The van der Waals surface area contributed by atoms with Crippen molar-refractivity contribution in [3.8, 4) is 10.6 Å². The van der Waals surface area contributed by atoms with E-state index in [2.05, 4.69) is 45.4 Å². The largest absolute Gasteiger partial charge is 0.323 e. The lowest BCUT2D eigenvalue weighted by Crippen LogP contribution is -2.53. The number of anilines is 1. The van der Waals surface area contributed by atoms with E-state index in [1.54, 1.807) is 17.5 Å². The third-order valence-corrected chi connectivity index (χ3v) is 5.86. The quantitative estimate of drug-likeness (QED) is 0.737. The fourth-order valence-corrected chi connectivity index (χ4v) is 3.87. The Bertz CT molecular complexity index is 987. The van der Waals surface area contributed by atoms with Crippen molar-refractivity contribution >= 4 is 34.0 Å². The standard InChI is InChI=1S/C19H22N6OS/c1-12-11-25(7-6-24(12)3)19(26)21-17-9-16-8-14(4-5-15(16)10-20-17)18-23-22-13(2)27-18/h4-5,8-10,12H,6-7,11H2,1-3H3,(H,20,21,26). The van der Waals surface area contributed by atoms with Crippen molar-refractivity contribution in [1.29, 1.82) is 0 Å². The number of urea groups is 1. The van der Waals surface area contributed by atoms with Gasteiger partial charge in [-0.05, 0) is 38.4 Å². The second-order valence-electron chi connectivity index (χ2n) is 6.96. The first-order valence-electron chi connectivity index (χ1n) is 8.96. The summed E-state index contributed by atoms with van der Waals surface area (Å²) in [5.41, 5.74) is 1.02. The smallest absolute Gasteiger partial charge is 0.322 e. The molecule has 1 aliphatic rings. The Balaban J connectivity index is 1.54. The second-order valence-corrected chi connectivity index (χ2v) is 8.15. The number of benzene rings is 1. The van der Waals surface area contributed by atoms with Gasteiger partial charge in [0.15, 0.2) is 0 Å². The summed E-state index contributed by atoms with van der Waals surface area (Å²) >= 11 is 1.57. The Morgan fingerprint density at radius 2 is 2.07 bits per heavy atom. The number of hydrogen-bond acceptors (Lipinski definition) is 6. The van der Waals surface area contributed by atoms with Crippen molar-refractivity contribution in [2.24, 2.45) is 0 Å². The molecule has 3 aromatic rings. The summed E-state index contributed by atoms with van der Waals surface area (Å²) in [6, 6.07) is 8.26. The molecule has 7 nitrogen and oxygen atoms in total. The number of aryl methyl sites for hydroxylation is 1. The molecule has 2 amide bonds. The minimum absolute atomic E-state index is 0.0993. The molecule has 0 saturated carbocycles. The van der Waals surface area contributed by atoms with Gasteiger partial charge >= 0.3 is 6.03 Å². The van der Waals surface area contributed by atoms with Gasteiger partial charge in [0, 0.05) is 42.8 Å². The molecule has 0 spiro atoms. The Kier molecular flexibility index (Phi) is 4.75. The molecule has 1 atom stereocenters. The number of amides is 2. The monoisotopic (exact) mass is 382 g/mol. The van der Waals surface area contributed by atoms with Crippen molar-refractivity contribution in [3.05, 3.63) is 35.5 Å². The van der Waals surface area contributed by atoms with E-state index >= 15 is 0 Å². The first-order valence-corrected chi connectivity index (χ1v) is 9.78. The number of likely N-dealkylation sites (N-methyl/N-ethyl adjacent to an activating group) is 1. The molecule has 4 rings (SSSR count). The van der Waals surface area contributed by atoms with E-state index in [-0.39, 0.29) is 6.03 Å². The number of nitrogens with one attached hydrogen (secondary N) is 1. The summed E-state index contributed by atoms with van der Waals surface area (Å²) in [6.07, 6.45) is 1.78. The lowest BCUT2D eigenvalue weighted by molar-refractivity contribution is 0.125. The maximum Gasteiger partial charge on any atom is 0.323 e. The van der Waals surface area contributed by atoms with Crippen molar-refractivity contribution in [1.82, 2.24) is 25.0 Å². The van der Waals surface area contributed by atoms with Crippen LogP contribution in [-0.2, 0) is 0 Å². The highest BCUT2D eigenvalue weighted by atomic mass is 32.1. The van der Waals surface area contributed by atoms with Gasteiger partial charge in [-0.1, -0.05) is 23.5 Å². The molecule has 1 saturated heterocycles. The van der Waals surface area contributed by atoms with E-state index in [9.17, 15) is 4.79 Å². The molecule has 1 unspecified atom stereocenters. The third kappa shape index (κ3) is 3.77. The number of carbonyl (C=O) groups excluding carboxylic acids is 1. The Morgan fingerprint density at radius 3 is 2.81 bits per heavy atom. The molecule has 0 aliphatic carbocycles. The molecule has 1 fully saturated rings. The second kappa shape index (κ2) is 7.21. The van der Waals surface area contributed by atoms with Crippen LogP contribution in [0, 0.1) is 6.92 Å². The number of fused-ring (bicyclic) bond motifs is 1. The van der Waals surface area contributed by atoms with Gasteiger partial charge in [-0.25, -0.2) is 9.78 Å². The summed E-state index contributed by atoms with van der Waals surface area (Å²) in [6.45, 7) is 6.39. The number of aromatic nitrogens is 3. The van der Waals surface area contributed by atoms with Gasteiger partial charge in [-0.15, -0.1) is 10.2 Å². The van der Waals surface area contributed by atoms with Crippen molar-refractivity contribution in [2.75, 3.05) is 32.0 Å². The molecule has 1 aliphatic heterocycles. The maximum absolute atomic E-state index is 12.6. The highest BCUT2D eigenvalue weighted by molar-refractivity contribution is 7.14. The third-order valence-electron chi connectivity index (χ3n) is 4.98. The van der Waals surface area contributed by atoms with Crippen molar-refractivity contribution < 1.29 is 4.79 Å². The number of carbonyl (C=O) groups is 1. The van der Waals surface area contributed by atoms with E-state index in [1.807, 2.05) is 30.0 Å². The first kappa shape index (κ1) is 17.8. The van der Waals surface area contributed by atoms with Crippen LogP contribution in [-0.4, -0.2) is 63.7 Å². The van der Waals surface area contributed by atoms with Crippen LogP contribution in [0.2, 0.25) is 0 Å². The lowest BCUT2D eigenvalue weighted by Gasteiger charge is -2.37. The van der Waals surface area contributed by atoms with E-state index in [0.29, 0.717) is 11.9 Å². The topological polar surface area (TPSA) is 74.2 Å². The minimum Gasteiger partial charge on any atom is -0.322 e. The Hall–Kier alpha value is -2.58. The van der Waals surface area contributed by atoms with E-state index < -0.39 is 0 Å². The summed E-state index contributed by atoms with van der Waals surface area (Å²) in [7, 11) is 2.09. The van der Waals surface area contributed by atoms with Gasteiger partial charge in [0.2, 0.25) is 0 Å². The maximum atomic E-state index is 12.6. The van der Waals surface area contributed by atoms with E-state index in [1.165, 1.54) is 0 Å². The Labute approximate surface area is 162 Å². The van der Waals surface area contributed by atoms with Crippen LogP contribution in [0.5, 0.6) is 0 Å². The molecule has 27 heavy (non-hydrogen) atoms. The molecule has 2 aromatic heterocycles. The van der Waals surface area contributed by atoms with Gasteiger partial charge in [0.1, 0.15) is 15.8 Å². The Morgan fingerprint density at radius 1 is 1.22 bits per heavy atom. The number of pyridine rings is 1. The van der Waals surface area contributed by atoms with Gasteiger partial charge in [-0.2, -0.15) is 0 Å². The predicted octanol–water partition coefficient (Wildman–Crippen LogP) is 3.23. The molecular formula is C19H22N6OS. The van der Waals surface area contributed by atoms with Crippen LogP contribution in [0.15, 0.2) is 30.5 Å². The van der Waals surface area contributed by atoms with Gasteiger partial charge < -0.3 is 9.80 Å². The fourth-order valence-electron chi connectivity index (χ4n) is 3.18.